The Kier molecular flexibility index (Phi) is 4.64. The van der Waals surface area contributed by atoms with Crippen molar-refractivity contribution in [2.24, 2.45) is 0 Å². The van der Waals surface area contributed by atoms with Gasteiger partial charge >= 0.3 is 0 Å². The maximum Gasteiger partial charge on any atom is 0.235 e. The molecule has 0 N–H and O–H groups in total. The van der Waals surface area contributed by atoms with Gasteiger partial charge in [0.25, 0.3) is 0 Å². The Bertz CT molecular complexity index is 500. The number of hydrogen-bond acceptors (Lipinski definition) is 3. The third-order valence-electron chi connectivity index (χ3n) is 1.42. The summed E-state index contributed by atoms with van der Waals surface area (Å²) in [6.07, 6.45) is 0. The fourth-order valence-corrected chi connectivity index (χ4v) is 1.42. The number of rotatable bonds is 1. The molecule has 0 aliphatic rings. The van der Waals surface area contributed by atoms with Crippen LogP contribution < -0.4 is 24.0 Å². The molecule has 0 aromatic heterocycles. The Balaban J connectivity index is 0.00000225. The Labute approximate surface area is 103 Å². The molecule has 1 aromatic rings. The van der Waals surface area contributed by atoms with Crippen molar-refractivity contribution in [2.45, 2.75) is 4.90 Å². The van der Waals surface area contributed by atoms with Crippen LogP contribution in [0.4, 0.5) is 22.0 Å². The predicted octanol–water partition coefficient (Wildman–Crippen LogP) is -2.25. The van der Waals surface area contributed by atoms with Crippen molar-refractivity contribution in [3.8, 4) is 0 Å². The minimum atomic E-state index is -5.77. The fourth-order valence-electron chi connectivity index (χ4n) is 0.804. The third kappa shape index (κ3) is 2.43. The van der Waals surface area contributed by atoms with Crippen LogP contribution in [-0.4, -0.2) is 13.0 Å². The van der Waals surface area contributed by atoms with Crippen LogP contribution in [0.3, 0.4) is 0 Å². The van der Waals surface area contributed by atoms with E-state index in [-0.39, 0.29) is 24.0 Å². The molecule has 0 spiro atoms. The molecular formula is C6H2F5IO3S. The van der Waals surface area contributed by atoms with Crippen molar-refractivity contribution in [2.75, 3.05) is 0 Å². The monoisotopic (exact) mass is 376 g/mol. The molecule has 0 unspecified atom stereocenters. The predicted molar refractivity (Wildman–Crippen MR) is 37.0 cm³/mol. The zero-order chi connectivity index (χ0) is 12.0. The van der Waals surface area contributed by atoms with E-state index in [4.69, 9.17) is 0 Å². The topological polar surface area (TPSA) is 57.2 Å². The molecule has 16 heavy (non-hydrogen) atoms. The van der Waals surface area contributed by atoms with E-state index in [1.54, 1.807) is 0 Å². The molecule has 0 atom stereocenters. The Morgan fingerprint density at radius 3 is 1.25 bits per heavy atom. The van der Waals surface area contributed by atoms with Crippen LogP contribution in [0.25, 0.3) is 0 Å². The van der Waals surface area contributed by atoms with Crippen LogP contribution in [0.15, 0.2) is 4.90 Å². The Morgan fingerprint density at radius 2 is 1.00 bits per heavy atom. The van der Waals surface area contributed by atoms with Crippen LogP contribution in [0.1, 0.15) is 0 Å². The molecular weight excluding hydrogens is 374 g/mol. The summed E-state index contributed by atoms with van der Waals surface area (Å²) >= 11 is 0. The molecule has 92 valence electrons. The Morgan fingerprint density at radius 1 is 0.750 bits per heavy atom. The summed E-state index contributed by atoms with van der Waals surface area (Å²) in [4.78, 5) is -2.38. The zero-order valence-corrected chi connectivity index (χ0v) is 10.3. The molecule has 0 fully saturated rings. The fraction of sp³-hybridized carbons (Fsp3) is 0. The Hall–Kier alpha value is -0.490. The zero-order valence-electron chi connectivity index (χ0n) is 6.97. The van der Waals surface area contributed by atoms with E-state index in [0.717, 1.165) is 0 Å². The summed E-state index contributed by atoms with van der Waals surface area (Å²) in [7, 11) is -5.77. The number of benzene rings is 1. The third-order valence-corrected chi connectivity index (χ3v) is 2.28. The molecule has 0 saturated carbocycles. The molecule has 0 saturated heterocycles. The first-order valence-corrected chi connectivity index (χ1v) is 4.56. The summed E-state index contributed by atoms with van der Waals surface area (Å²) in [6.45, 7) is 0. The quantitative estimate of drug-likeness (QED) is 0.183. The highest BCUT2D eigenvalue weighted by Gasteiger charge is 2.28. The van der Waals surface area contributed by atoms with Crippen LogP contribution in [0.5, 0.6) is 0 Å². The van der Waals surface area contributed by atoms with Crippen molar-refractivity contribution in [3.05, 3.63) is 29.1 Å². The van der Waals surface area contributed by atoms with Crippen molar-refractivity contribution < 1.29 is 58.9 Å². The highest BCUT2D eigenvalue weighted by molar-refractivity contribution is 7.85. The average Bonchev–Trinajstić information content (AvgIpc) is 2.09. The number of hydrogen-bond donors (Lipinski definition) is 0. The van der Waals surface area contributed by atoms with Gasteiger partial charge in [0.15, 0.2) is 23.3 Å². The second-order valence-electron chi connectivity index (χ2n) is 2.35. The summed E-state index contributed by atoms with van der Waals surface area (Å²) < 4.78 is 92.9. The largest absolute Gasteiger partial charge is 0.744 e. The molecule has 3 nitrogen and oxygen atoms in total. The summed E-state index contributed by atoms with van der Waals surface area (Å²) in [5.74, 6) is -12.8. The lowest BCUT2D eigenvalue weighted by Gasteiger charge is -2.10. The van der Waals surface area contributed by atoms with Gasteiger partial charge in [0, 0.05) is 0 Å². The normalized spacial score (nSPS) is 11.1. The van der Waals surface area contributed by atoms with Crippen LogP contribution >= 0.6 is 0 Å². The molecule has 0 aliphatic heterocycles. The van der Waals surface area contributed by atoms with Gasteiger partial charge in [-0.2, -0.15) is 0 Å². The average molecular weight is 376 g/mol. The van der Waals surface area contributed by atoms with E-state index in [0.29, 0.717) is 0 Å². The first-order chi connectivity index (χ1) is 6.68. The van der Waals surface area contributed by atoms with Gasteiger partial charge in [-0.05, 0) is 0 Å². The lowest BCUT2D eigenvalue weighted by molar-refractivity contribution is -0.0000103. The van der Waals surface area contributed by atoms with E-state index in [1.807, 2.05) is 0 Å². The maximum atomic E-state index is 12.6. The summed E-state index contributed by atoms with van der Waals surface area (Å²) in [5.41, 5.74) is 0. The SMILES string of the molecule is O=S(=O)([O-])c1c(F)c(F)c(F)c(F)c1F.[IH2+]. The second-order valence-corrected chi connectivity index (χ2v) is 3.67. The minimum Gasteiger partial charge on any atom is -0.744 e. The van der Waals surface area contributed by atoms with Crippen LogP contribution in [0.2, 0.25) is 0 Å². The highest BCUT2D eigenvalue weighted by atomic mass is 127. The lowest BCUT2D eigenvalue weighted by Crippen LogP contribution is -3.00. The molecule has 0 radical (unpaired) electrons. The summed E-state index contributed by atoms with van der Waals surface area (Å²) in [6, 6.07) is 0. The first-order valence-electron chi connectivity index (χ1n) is 3.15. The lowest BCUT2D eigenvalue weighted by atomic mass is 10.3. The van der Waals surface area contributed by atoms with Gasteiger partial charge < -0.3 is 4.55 Å². The second kappa shape index (κ2) is 4.79. The van der Waals surface area contributed by atoms with Crippen molar-refractivity contribution in [1.29, 1.82) is 0 Å². The smallest absolute Gasteiger partial charge is 0.235 e. The maximum absolute atomic E-state index is 12.6. The van der Waals surface area contributed by atoms with Gasteiger partial charge in [0.05, 0.1) is 0 Å². The van der Waals surface area contributed by atoms with E-state index in [2.05, 4.69) is 0 Å². The first kappa shape index (κ1) is 15.5. The molecule has 0 amide bonds. The van der Waals surface area contributed by atoms with Gasteiger partial charge in [0.2, 0.25) is 29.8 Å². The van der Waals surface area contributed by atoms with Gasteiger partial charge in [-0.25, -0.2) is 30.4 Å². The van der Waals surface area contributed by atoms with Crippen LogP contribution in [-0.2, 0) is 10.1 Å². The van der Waals surface area contributed by atoms with Crippen molar-refractivity contribution in [1.82, 2.24) is 0 Å². The van der Waals surface area contributed by atoms with E-state index in [9.17, 15) is 34.9 Å². The van der Waals surface area contributed by atoms with E-state index < -0.39 is 44.1 Å². The molecule has 0 bridgehead atoms. The van der Waals surface area contributed by atoms with Crippen molar-refractivity contribution >= 4 is 10.1 Å². The van der Waals surface area contributed by atoms with Gasteiger partial charge in [-0.1, -0.05) is 0 Å². The van der Waals surface area contributed by atoms with Gasteiger partial charge in [0.1, 0.15) is 15.0 Å². The highest BCUT2D eigenvalue weighted by Crippen LogP contribution is 2.25. The molecule has 0 aliphatic carbocycles. The van der Waals surface area contributed by atoms with E-state index in [1.165, 1.54) is 0 Å². The van der Waals surface area contributed by atoms with Crippen LogP contribution in [0, 0.1) is 29.1 Å². The van der Waals surface area contributed by atoms with Crippen molar-refractivity contribution in [3.63, 3.8) is 0 Å². The molecule has 1 aromatic carbocycles. The van der Waals surface area contributed by atoms with Gasteiger partial charge in [-0.3, -0.25) is 0 Å². The standard InChI is InChI=1S/C6HF5O3S.H2I/c7-1-2(8)4(10)6(15(12,13)14)5(11)3(1)9;/h(H,12,13,14);1H2/q;+1/p-1. The molecule has 10 heteroatoms. The molecule has 1 rings (SSSR count). The summed E-state index contributed by atoms with van der Waals surface area (Å²) in [5, 5.41) is 0. The number of halogens is 6. The minimum absolute atomic E-state index is 0. The van der Waals surface area contributed by atoms with E-state index >= 15 is 0 Å². The van der Waals surface area contributed by atoms with Gasteiger partial charge in [-0.15, -0.1) is 0 Å². The molecule has 0 heterocycles.